The second-order valence-corrected chi connectivity index (χ2v) is 24.8. The summed E-state index contributed by atoms with van der Waals surface area (Å²) >= 11 is 0. The average molecular weight is 613 g/mol. The van der Waals surface area contributed by atoms with Crippen molar-refractivity contribution in [1.82, 2.24) is 5.32 Å². The number of fused-ring (bicyclic) bond motifs is 7. The van der Waals surface area contributed by atoms with Crippen molar-refractivity contribution in [3.63, 3.8) is 0 Å². The Morgan fingerprint density at radius 1 is 0.930 bits per heavy atom. The number of carbonyl (C=O) groups excluding carboxylic acids is 2. The fourth-order valence-electron chi connectivity index (χ4n) is 11.9. The molecule has 43 heavy (non-hydrogen) atoms. The third kappa shape index (κ3) is 6.17. The molecule has 0 aromatic carbocycles. The van der Waals surface area contributed by atoms with Crippen LogP contribution in [0.5, 0.6) is 0 Å². The molecular weight excluding hydrogens is 547 g/mol. The second kappa shape index (κ2) is 11.7. The van der Waals surface area contributed by atoms with E-state index in [4.69, 9.17) is 4.74 Å². The summed E-state index contributed by atoms with van der Waals surface area (Å²) in [7, 11) is -1.23. The molecule has 5 fully saturated rings. The van der Waals surface area contributed by atoms with Gasteiger partial charge in [0.1, 0.15) is 0 Å². The van der Waals surface area contributed by atoms with Crippen LogP contribution in [0.1, 0.15) is 113 Å². The van der Waals surface area contributed by atoms with Crippen molar-refractivity contribution in [2.24, 2.45) is 69.0 Å². The van der Waals surface area contributed by atoms with Crippen LogP contribution in [0.4, 0.5) is 0 Å². The second-order valence-electron chi connectivity index (χ2n) is 19.2. The predicted molar refractivity (Wildman–Crippen MR) is 180 cm³/mol. The summed E-state index contributed by atoms with van der Waals surface area (Å²) in [6, 6.07) is 0.989. The quantitative estimate of drug-likeness (QED) is 0.230. The van der Waals surface area contributed by atoms with Crippen molar-refractivity contribution in [3.8, 4) is 0 Å². The van der Waals surface area contributed by atoms with E-state index in [1.807, 2.05) is 0 Å². The summed E-state index contributed by atoms with van der Waals surface area (Å²) in [4.78, 5) is 26.7. The van der Waals surface area contributed by atoms with Crippen LogP contribution in [-0.2, 0) is 14.3 Å². The Bertz CT molecular complexity index is 1040. The van der Waals surface area contributed by atoms with Crippen LogP contribution in [-0.4, -0.2) is 33.1 Å². The zero-order valence-corrected chi connectivity index (χ0v) is 30.6. The molecule has 0 heterocycles. The van der Waals surface area contributed by atoms with Gasteiger partial charge in [-0.15, -0.1) is 0 Å². The molecule has 10 atom stereocenters. The highest BCUT2D eigenvalue weighted by molar-refractivity contribution is 6.76. The van der Waals surface area contributed by atoms with Crippen molar-refractivity contribution in [1.29, 1.82) is 0 Å². The number of carbonyl (C=O) groups is 2. The molecule has 5 aliphatic rings. The fraction of sp³-hybridized carbons (Fsp3) is 0.921. The van der Waals surface area contributed by atoms with E-state index in [0.717, 1.165) is 54.9 Å². The van der Waals surface area contributed by atoms with Gasteiger partial charge in [0.25, 0.3) is 0 Å². The van der Waals surface area contributed by atoms with Crippen molar-refractivity contribution in [2.75, 3.05) is 13.2 Å². The van der Waals surface area contributed by atoms with E-state index >= 15 is 0 Å². The van der Waals surface area contributed by atoms with Gasteiger partial charge in [0.15, 0.2) is 0 Å². The summed E-state index contributed by atoms with van der Waals surface area (Å²) in [5.74, 6) is 5.80. The maximum atomic E-state index is 14.3. The van der Waals surface area contributed by atoms with E-state index in [1.165, 1.54) is 38.5 Å². The minimum atomic E-state index is -1.23. The lowest BCUT2D eigenvalue weighted by Gasteiger charge is -2.66. The van der Waals surface area contributed by atoms with Gasteiger partial charge in [-0.25, -0.2) is 0 Å². The number of hydrogen-bond acceptors (Lipinski definition) is 3. The van der Waals surface area contributed by atoms with Crippen LogP contribution in [0.3, 0.4) is 0 Å². The fourth-order valence-corrected chi connectivity index (χ4v) is 12.7. The van der Waals surface area contributed by atoms with Crippen LogP contribution < -0.4 is 5.32 Å². The molecule has 5 heteroatoms. The molecule has 245 valence electrons. The van der Waals surface area contributed by atoms with Crippen LogP contribution >= 0.6 is 0 Å². The Kier molecular flexibility index (Phi) is 9.16. The van der Waals surface area contributed by atoms with E-state index in [2.05, 4.69) is 79.8 Å². The summed E-state index contributed by atoms with van der Waals surface area (Å²) in [5, 5.41) is 3.30. The first-order valence-electron chi connectivity index (χ1n) is 18.2. The van der Waals surface area contributed by atoms with E-state index in [-0.39, 0.29) is 29.1 Å². The van der Waals surface area contributed by atoms with Gasteiger partial charge in [-0.1, -0.05) is 68.1 Å². The molecule has 5 rings (SSSR count). The molecule has 4 nitrogen and oxygen atoms in total. The summed E-state index contributed by atoms with van der Waals surface area (Å²) in [5.41, 5.74) is 0.691. The van der Waals surface area contributed by atoms with Crippen molar-refractivity contribution in [3.05, 3.63) is 6.42 Å². The normalized spacial score (nSPS) is 42.2. The highest BCUT2D eigenvalue weighted by Crippen LogP contribution is 2.72. The molecular formula is C38H66NO3Si. The van der Waals surface area contributed by atoms with Crippen molar-refractivity contribution in [2.45, 2.75) is 138 Å². The smallest absolute Gasteiger partial charge is 0.307 e. The first kappa shape index (κ1) is 33.5. The number of hydrogen-bond donors (Lipinski definition) is 1. The first-order chi connectivity index (χ1) is 19.9. The summed E-state index contributed by atoms with van der Waals surface area (Å²) in [6.07, 6.45) is 14.0. The number of ether oxygens (including phenoxy) is 1. The molecule has 1 radical (unpaired) electrons. The lowest BCUT2D eigenvalue weighted by molar-refractivity contribution is -0.176. The Balaban J connectivity index is 1.33. The van der Waals surface area contributed by atoms with Gasteiger partial charge in [-0.3, -0.25) is 9.59 Å². The molecule has 1 amide bonds. The zero-order chi connectivity index (χ0) is 31.6. The monoisotopic (exact) mass is 612 g/mol. The van der Waals surface area contributed by atoms with Gasteiger partial charge in [0.2, 0.25) is 5.91 Å². The topological polar surface area (TPSA) is 55.4 Å². The number of nitrogens with one attached hydrogen (secondary N) is 1. The molecule has 5 saturated carbocycles. The Labute approximate surface area is 266 Å². The average Bonchev–Trinajstić information content (AvgIpc) is 3.31. The number of esters is 1. The Morgan fingerprint density at radius 2 is 1.60 bits per heavy atom. The number of amides is 1. The molecule has 0 saturated heterocycles. The Morgan fingerprint density at radius 3 is 2.28 bits per heavy atom. The highest BCUT2D eigenvalue weighted by atomic mass is 28.3. The Hall–Kier alpha value is -0.843. The molecule has 10 unspecified atom stereocenters. The van der Waals surface area contributed by atoms with Crippen LogP contribution in [0.2, 0.25) is 25.7 Å². The summed E-state index contributed by atoms with van der Waals surface area (Å²) in [6.45, 7) is 25.4. The maximum absolute atomic E-state index is 14.3. The lowest BCUT2D eigenvalue weighted by atomic mass is 9.38. The third-order valence-electron chi connectivity index (χ3n) is 14.2. The predicted octanol–water partition coefficient (Wildman–Crippen LogP) is 9.17. The molecule has 5 aliphatic carbocycles. The standard InChI is InChI=1S/C38H66NO3Si/c1-25-13-18-36(5,6)28-14-19-37(7)27-15-20-38(34(41)39-22-17-31(40)42-23-24-43(8,9)10)21-16-30(35(2,3)4)33(38)26(27)11-12-29(37)32(25)28/h18,25-30,32-33H,11-17,19-24H2,1-10H3,(H,39,41). The van der Waals surface area contributed by atoms with Crippen molar-refractivity contribution < 1.29 is 14.3 Å². The molecule has 0 aromatic heterocycles. The minimum Gasteiger partial charge on any atom is -0.466 e. The van der Waals surface area contributed by atoms with Crippen LogP contribution in [0.25, 0.3) is 0 Å². The van der Waals surface area contributed by atoms with Gasteiger partial charge < -0.3 is 10.1 Å². The first-order valence-corrected chi connectivity index (χ1v) is 21.9. The van der Waals surface area contributed by atoms with Gasteiger partial charge >= 0.3 is 5.97 Å². The van der Waals surface area contributed by atoms with Crippen molar-refractivity contribution >= 4 is 20.0 Å². The van der Waals surface area contributed by atoms with Crippen LogP contribution in [0.15, 0.2) is 0 Å². The van der Waals surface area contributed by atoms with Gasteiger partial charge in [-0.2, -0.15) is 0 Å². The molecule has 0 spiro atoms. The third-order valence-corrected chi connectivity index (χ3v) is 15.9. The molecule has 1 N–H and O–H groups in total. The lowest BCUT2D eigenvalue weighted by Crippen LogP contribution is -2.61. The largest absolute Gasteiger partial charge is 0.466 e. The molecule has 0 bridgehead atoms. The van der Waals surface area contributed by atoms with Gasteiger partial charge in [0.05, 0.1) is 18.4 Å². The van der Waals surface area contributed by atoms with E-state index in [9.17, 15) is 9.59 Å². The van der Waals surface area contributed by atoms with Crippen LogP contribution in [0, 0.1) is 75.4 Å². The SMILES string of the molecule is CC1C[CH]C(C)(C)C2CCC3(C)C4CCC5(C(=O)NCCC(=O)OCC[Si](C)(C)C)CCC(C(C)(C)C)C5C4CCC3C12. The van der Waals surface area contributed by atoms with E-state index in [1.54, 1.807) is 0 Å². The molecule has 0 aromatic rings. The van der Waals surface area contributed by atoms with Gasteiger partial charge in [-0.05, 0) is 134 Å². The molecule has 0 aliphatic heterocycles. The van der Waals surface area contributed by atoms with Gasteiger partial charge in [0, 0.05) is 14.6 Å². The minimum absolute atomic E-state index is 0.171. The van der Waals surface area contributed by atoms with E-state index < -0.39 is 8.07 Å². The number of rotatable bonds is 7. The van der Waals surface area contributed by atoms with E-state index in [0.29, 0.717) is 41.7 Å². The summed E-state index contributed by atoms with van der Waals surface area (Å²) < 4.78 is 5.52. The maximum Gasteiger partial charge on any atom is 0.307 e. The highest BCUT2D eigenvalue weighted by Gasteiger charge is 2.66. The zero-order valence-electron chi connectivity index (χ0n) is 29.6.